The molecule has 1 heterocycles. The summed E-state index contributed by atoms with van der Waals surface area (Å²) in [5.41, 5.74) is 11.7. The van der Waals surface area contributed by atoms with Crippen LogP contribution in [0, 0.1) is 0 Å². The molecule has 4 N–H and O–H groups in total. The fourth-order valence-corrected chi connectivity index (χ4v) is 3.33. The predicted molar refractivity (Wildman–Crippen MR) is 84.0 cm³/mol. The zero-order chi connectivity index (χ0) is 14.7. The number of benzene rings is 1. The molecule has 0 aliphatic heterocycles. The number of hydrogen-bond acceptors (Lipinski definition) is 4. The highest BCUT2D eigenvalue weighted by Gasteiger charge is 2.20. The fraction of sp³-hybridized carbons (Fsp3) is 0.214. The average molecular weight is 355 g/mol. The van der Waals surface area contributed by atoms with Crippen LogP contribution in [0.1, 0.15) is 28.3 Å². The lowest BCUT2D eigenvalue weighted by Gasteiger charge is -2.21. The lowest BCUT2D eigenvalue weighted by atomic mass is 10.1. The second kappa shape index (κ2) is 6.39. The van der Waals surface area contributed by atoms with E-state index < -0.39 is 5.91 Å². The van der Waals surface area contributed by atoms with Crippen molar-refractivity contribution < 1.29 is 9.53 Å². The van der Waals surface area contributed by atoms with Gasteiger partial charge in [0, 0.05) is 26.3 Å². The Morgan fingerprint density at radius 2 is 2.00 bits per heavy atom. The highest BCUT2D eigenvalue weighted by Crippen LogP contribution is 2.31. The van der Waals surface area contributed by atoms with E-state index in [1.54, 1.807) is 35.6 Å². The van der Waals surface area contributed by atoms with Gasteiger partial charge < -0.3 is 16.2 Å². The Morgan fingerprint density at radius 1 is 1.35 bits per heavy atom. The van der Waals surface area contributed by atoms with Crippen LogP contribution >= 0.6 is 27.3 Å². The maximum Gasteiger partial charge on any atom is 0.248 e. The van der Waals surface area contributed by atoms with Crippen molar-refractivity contribution in [2.45, 2.75) is 19.1 Å². The minimum Gasteiger partial charge on any atom is -0.483 e. The van der Waals surface area contributed by atoms with Crippen LogP contribution in [0.4, 0.5) is 0 Å². The first-order valence-electron chi connectivity index (χ1n) is 6.03. The van der Waals surface area contributed by atoms with Crippen LogP contribution in [0.25, 0.3) is 0 Å². The minimum absolute atomic E-state index is 0.156. The van der Waals surface area contributed by atoms with E-state index in [0.717, 1.165) is 9.35 Å². The van der Waals surface area contributed by atoms with E-state index in [0.29, 0.717) is 11.3 Å². The largest absolute Gasteiger partial charge is 0.483 e. The van der Waals surface area contributed by atoms with E-state index in [1.165, 1.54) is 0 Å². The summed E-state index contributed by atoms with van der Waals surface area (Å²) in [5, 5.41) is 1.99. The second-order valence-corrected chi connectivity index (χ2v) is 6.31. The van der Waals surface area contributed by atoms with Crippen molar-refractivity contribution in [2.75, 3.05) is 0 Å². The van der Waals surface area contributed by atoms with E-state index in [4.69, 9.17) is 16.2 Å². The lowest BCUT2D eigenvalue weighted by molar-refractivity contribution is 0.1000. The van der Waals surface area contributed by atoms with Crippen LogP contribution < -0.4 is 16.2 Å². The molecule has 1 amide bonds. The number of hydrogen-bond donors (Lipinski definition) is 2. The molecule has 2 rings (SSSR count). The number of carbonyl (C=O) groups excluding carboxylic acids is 1. The van der Waals surface area contributed by atoms with Crippen molar-refractivity contribution in [3.8, 4) is 5.75 Å². The summed E-state index contributed by atoms with van der Waals surface area (Å²) in [6, 6.07) is 8.56. The van der Waals surface area contributed by atoms with Crippen molar-refractivity contribution in [3.05, 3.63) is 50.6 Å². The minimum atomic E-state index is -0.456. The Labute approximate surface area is 129 Å². The Morgan fingerprint density at radius 3 is 2.45 bits per heavy atom. The molecule has 2 aromatic rings. The third-order valence-electron chi connectivity index (χ3n) is 2.75. The van der Waals surface area contributed by atoms with Gasteiger partial charge >= 0.3 is 0 Å². The first kappa shape index (κ1) is 15.0. The quantitative estimate of drug-likeness (QED) is 0.865. The average Bonchev–Trinajstić information content (AvgIpc) is 2.82. The maximum absolute atomic E-state index is 11.0. The number of ether oxygens (including phenoxy) is 1. The number of thiophene rings is 1. The Hall–Kier alpha value is -1.37. The van der Waals surface area contributed by atoms with Gasteiger partial charge in [0.25, 0.3) is 0 Å². The summed E-state index contributed by atoms with van der Waals surface area (Å²) in [4.78, 5) is 12.1. The van der Waals surface area contributed by atoms with Gasteiger partial charge in [-0.2, -0.15) is 0 Å². The number of halogens is 1. The van der Waals surface area contributed by atoms with Gasteiger partial charge in [-0.15, -0.1) is 11.3 Å². The molecule has 20 heavy (non-hydrogen) atoms. The molecule has 0 fully saturated rings. The van der Waals surface area contributed by atoms with Gasteiger partial charge in [-0.25, -0.2) is 0 Å². The Bertz CT molecular complexity index is 595. The van der Waals surface area contributed by atoms with Gasteiger partial charge in [-0.1, -0.05) is 0 Å². The van der Waals surface area contributed by atoms with Crippen LogP contribution in [0.3, 0.4) is 0 Å². The topological polar surface area (TPSA) is 78.3 Å². The smallest absolute Gasteiger partial charge is 0.248 e. The molecule has 1 aromatic heterocycles. The molecule has 4 nitrogen and oxygen atoms in total. The monoisotopic (exact) mass is 354 g/mol. The zero-order valence-corrected chi connectivity index (χ0v) is 13.3. The molecular weight excluding hydrogens is 340 g/mol. The summed E-state index contributed by atoms with van der Waals surface area (Å²) >= 11 is 5.01. The van der Waals surface area contributed by atoms with Crippen molar-refractivity contribution in [3.63, 3.8) is 0 Å². The van der Waals surface area contributed by atoms with Crippen LogP contribution in [0.15, 0.2) is 40.2 Å². The third kappa shape index (κ3) is 3.59. The second-order valence-electron chi connectivity index (χ2n) is 4.45. The van der Waals surface area contributed by atoms with Crippen LogP contribution in [0.2, 0.25) is 0 Å². The summed E-state index contributed by atoms with van der Waals surface area (Å²) < 4.78 is 6.93. The summed E-state index contributed by atoms with van der Waals surface area (Å²) in [6.07, 6.45) is -0.231. The molecule has 106 valence electrons. The predicted octanol–water partition coefficient (Wildman–Crippen LogP) is 3.08. The standard InChI is InChI=1S/C14H15BrN2O2S/c1-8(16)13(12-6-10(15)7-20-12)19-11-4-2-9(3-5-11)14(17)18/h2-8,13H,16H2,1H3,(H2,17,18). The van der Waals surface area contributed by atoms with Crippen molar-refractivity contribution in [1.29, 1.82) is 0 Å². The first-order chi connectivity index (χ1) is 9.47. The number of nitrogens with two attached hydrogens (primary N) is 2. The molecule has 6 heteroatoms. The van der Waals surface area contributed by atoms with E-state index >= 15 is 0 Å². The number of carbonyl (C=O) groups is 1. The van der Waals surface area contributed by atoms with Crippen molar-refractivity contribution in [2.24, 2.45) is 11.5 Å². The highest BCUT2D eigenvalue weighted by atomic mass is 79.9. The normalized spacial score (nSPS) is 13.8. The number of amides is 1. The van der Waals surface area contributed by atoms with Crippen molar-refractivity contribution >= 4 is 33.2 Å². The Kier molecular flexibility index (Phi) is 4.80. The Balaban J connectivity index is 2.18. The molecule has 0 saturated heterocycles. The molecule has 0 saturated carbocycles. The van der Waals surface area contributed by atoms with Gasteiger partial charge in [0.2, 0.25) is 5.91 Å². The number of primary amides is 1. The van der Waals surface area contributed by atoms with E-state index in [2.05, 4.69) is 15.9 Å². The molecule has 2 unspecified atom stereocenters. The van der Waals surface area contributed by atoms with Gasteiger partial charge in [0.1, 0.15) is 11.9 Å². The van der Waals surface area contributed by atoms with Gasteiger partial charge in [0.05, 0.1) is 0 Å². The molecule has 0 aliphatic carbocycles. The summed E-state index contributed by atoms with van der Waals surface area (Å²) in [5.74, 6) is 0.198. The van der Waals surface area contributed by atoms with E-state index in [9.17, 15) is 4.79 Å². The molecular formula is C14H15BrN2O2S. The van der Waals surface area contributed by atoms with E-state index in [-0.39, 0.29) is 12.1 Å². The first-order valence-corrected chi connectivity index (χ1v) is 7.70. The molecule has 0 spiro atoms. The summed E-state index contributed by atoms with van der Waals surface area (Å²) in [6.45, 7) is 1.90. The number of rotatable bonds is 5. The maximum atomic E-state index is 11.0. The molecule has 0 radical (unpaired) electrons. The SMILES string of the molecule is CC(N)C(Oc1ccc(C(N)=O)cc1)c1cc(Br)cs1. The zero-order valence-electron chi connectivity index (χ0n) is 10.9. The molecule has 1 aromatic carbocycles. The third-order valence-corrected chi connectivity index (χ3v) is 4.50. The van der Waals surface area contributed by atoms with E-state index in [1.807, 2.05) is 18.4 Å². The molecule has 2 atom stereocenters. The van der Waals surface area contributed by atoms with Crippen LogP contribution in [-0.2, 0) is 0 Å². The van der Waals surface area contributed by atoms with Gasteiger partial charge in [0.15, 0.2) is 0 Å². The van der Waals surface area contributed by atoms with Gasteiger partial charge in [-0.3, -0.25) is 4.79 Å². The van der Waals surface area contributed by atoms with Crippen LogP contribution in [-0.4, -0.2) is 11.9 Å². The van der Waals surface area contributed by atoms with Crippen molar-refractivity contribution in [1.82, 2.24) is 0 Å². The molecule has 0 aliphatic rings. The fourth-order valence-electron chi connectivity index (χ4n) is 1.75. The highest BCUT2D eigenvalue weighted by molar-refractivity contribution is 9.10. The van der Waals surface area contributed by atoms with Crippen LogP contribution in [0.5, 0.6) is 5.75 Å². The summed E-state index contributed by atoms with van der Waals surface area (Å²) in [7, 11) is 0. The van der Waals surface area contributed by atoms with Gasteiger partial charge in [-0.05, 0) is 53.2 Å². The molecule has 0 bridgehead atoms. The lowest BCUT2D eigenvalue weighted by Crippen LogP contribution is -2.28.